The van der Waals surface area contributed by atoms with E-state index in [0.717, 1.165) is 42.4 Å². The summed E-state index contributed by atoms with van der Waals surface area (Å²) in [6.07, 6.45) is 14.5. The van der Waals surface area contributed by atoms with E-state index in [9.17, 15) is 25.2 Å². The molecule has 0 aliphatic carbocycles. The molecule has 11 heteroatoms. The summed E-state index contributed by atoms with van der Waals surface area (Å²) in [5.74, 6) is -0.102. The zero-order valence-electron chi connectivity index (χ0n) is 22.2. The van der Waals surface area contributed by atoms with Crippen molar-refractivity contribution >= 4 is 34.1 Å². The van der Waals surface area contributed by atoms with Crippen LogP contribution in [-0.4, -0.2) is 73.0 Å². The quantitative estimate of drug-likeness (QED) is 0.114. The maximum Gasteiger partial charge on any atom is 0.226 e. The van der Waals surface area contributed by atoms with Crippen molar-refractivity contribution < 1.29 is 30.0 Å². The molecule has 0 spiro atoms. The molecular weight excluding hydrogens is 514 g/mol. The third kappa shape index (κ3) is 12.7. The number of aromatic nitrogens is 2. The Hall–Kier alpha value is -0.820. The first-order valence-electron chi connectivity index (χ1n) is 14.1. The van der Waals surface area contributed by atoms with E-state index in [1.165, 1.54) is 77.0 Å². The molecule has 5 N–H and O–H groups in total. The van der Waals surface area contributed by atoms with Crippen LogP contribution in [-0.2, 0) is 9.53 Å². The highest BCUT2D eigenvalue weighted by molar-refractivity contribution is 8.01. The molecule has 9 nitrogen and oxygen atoms in total. The first-order chi connectivity index (χ1) is 18.0. The van der Waals surface area contributed by atoms with E-state index in [4.69, 9.17) is 4.74 Å². The molecule has 214 valence electrons. The van der Waals surface area contributed by atoms with Crippen LogP contribution < -0.4 is 5.32 Å². The molecule has 0 aromatic carbocycles. The molecule has 0 bridgehead atoms. The van der Waals surface area contributed by atoms with Crippen molar-refractivity contribution in [1.82, 2.24) is 10.2 Å². The van der Waals surface area contributed by atoms with Gasteiger partial charge in [-0.2, -0.15) is 0 Å². The zero-order valence-corrected chi connectivity index (χ0v) is 23.9. The normalized spacial score (nSPS) is 23.9. The fourth-order valence-corrected chi connectivity index (χ4v) is 6.40. The van der Waals surface area contributed by atoms with Gasteiger partial charge < -0.3 is 30.5 Å². The van der Waals surface area contributed by atoms with Gasteiger partial charge in [0.15, 0.2) is 4.34 Å². The number of hydrogen-bond donors (Lipinski definition) is 5. The Morgan fingerprint density at radius 1 is 0.838 bits per heavy atom. The average Bonchev–Trinajstić information content (AvgIpc) is 3.33. The van der Waals surface area contributed by atoms with Crippen molar-refractivity contribution in [2.45, 2.75) is 144 Å². The van der Waals surface area contributed by atoms with Crippen molar-refractivity contribution in [2.24, 2.45) is 0 Å². The van der Waals surface area contributed by atoms with Gasteiger partial charge in [0.05, 0.1) is 6.61 Å². The number of aliphatic hydroxyl groups excluding tert-OH is 4. The summed E-state index contributed by atoms with van der Waals surface area (Å²) in [4.78, 5) is 12.2. The second-order valence-electron chi connectivity index (χ2n) is 9.94. The second-order valence-corrected chi connectivity index (χ2v) is 12.3. The summed E-state index contributed by atoms with van der Waals surface area (Å²) in [6.45, 7) is 1.77. The number of ether oxygens (including phenoxy) is 1. The van der Waals surface area contributed by atoms with Crippen LogP contribution in [0.3, 0.4) is 0 Å². The van der Waals surface area contributed by atoms with Crippen LogP contribution in [0.25, 0.3) is 0 Å². The highest BCUT2D eigenvalue weighted by atomic mass is 32.2. The first kappa shape index (κ1) is 32.4. The third-order valence-corrected chi connectivity index (χ3v) is 8.80. The maximum atomic E-state index is 12.2. The van der Waals surface area contributed by atoms with Crippen molar-refractivity contribution in [3.05, 3.63) is 0 Å². The van der Waals surface area contributed by atoms with Gasteiger partial charge in [0.25, 0.3) is 0 Å². The molecular formula is C26H47N3O6S2. The Morgan fingerprint density at radius 3 is 1.92 bits per heavy atom. The van der Waals surface area contributed by atoms with Crippen LogP contribution in [0, 0.1) is 0 Å². The number of thioether (sulfide) groups is 1. The summed E-state index contributed by atoms with van der Waals surface area (Å²) in [5.41, 5.74) is -0.924. The number of carbonyl (C=O) groups excluding carboxylic acids is 1. The maximum absolute atomic E-state index is 12.2. The Labute approximate surface area is 229 Å². The van der Waals surface area contributed by atoms with Crippen molar-refractivity contribution in [3.63, 3.8) is 0 Å². The van der Waals surface area contributed by atoms with Gasteiger partial charge in [-0.05, 0) is 6.42 Å². The highest BCUT2D eigenvalue weighted by Gasteiger charge is 2.44. The van der Waals surface area contributed by atoms with Gasteiger partial charge in [-0.15, -0.1) is 10.2 Å². The lowest BCUT2D eigenvalue weighted by Crippen LogP contribution is -2.57. The summed E-state index contributed by atoms with van der Waals surface area (Å²) < 4.78 is 5.90. The van der Waals surface area contributed by atoms with E-state index in [-0.39, 0.29) is 5.91 Å². The minimum absolute atomic E-state index is 0.102. The molecule has 2 heterocycles. The smallest absolute Gasteiger partial charge is 0.226 e. The van der Waals surface area contributed by atoms with E-state index >= 15 is 0 Å². The minimum Gasteiger partial charge on any atom is -0.394 e. The van der Waals surface area contributed by atoms with E-state index in [1.807, 2.05) is 0 Å². The lowest BCUT2D eigenvalue weighted by molar-refractivity contribution is -0.205. The van der Waals surface area contributed by atoms with Gasteiger partial charge in [0.2, 0.25) is 11.0 Å². The fraction of sp³-hybridized carbons (Fsp3) is 0.885. The van der Waals surface area contributed by atoms with Crippen molar-refractivity contribution in [1.29, 1.82) is 0 Å². The first-order valence-corrected chi connectivity index (χ1v) is 15.8. The predicted octanol–water partition coefficient (Wildman–Crippen LogP) is 4.63. The molecule has 1 aromatic heterocycles. The van der Waals surface area contributed by atoms with Gasteiger partial charge in [-0.25, -0.2) is 0 Å². The van der Waals surface area contributed by atoms with E-state index in [0.29, 0.717) is 15.9 Å². The highest BCUT2D eigenvalue weighted by Crippen LogP contribution is 2.35. The van der Waals surface area contributed by atoms with Crippen LogP contribution in [0.2, 0.25) is 0 Å². The van der Waals surface area contributed by atoms with Crippen LogP contribution in [0.5, 0.6) is 0 Å². The number of amides is 1. The van der Waals surface area contributed by atoms with Crippen molar-refractivity contribution in [2.75, 3.05) is 11.9 Å². The molecule has 37 heavy (non-hydrogen) atoms. The van der Waals surface area contributed by atoms with E-state index in [1.54, 1.807) is 0 Å². The number of unbranched alkanes of at least 4 members (excludes halogenated alkanes) is 14. The Morgan fingerprint density at radius 2 is 1.38 bits per heavy atom. The molecule has 0 radical (unpaired) electrons. The molecule has 0 saturated carbocycles. The largest absolute Gasteiger partial charge is 0.394 e. The fourth-order valence-electron chi connectivity index (χ4n) is 4.41. The van der Waals surface area contributed by atoms with Gasteiger partial charge in [0.1, 0.15) is 29.9 Å². The van der Waals surface area contributed by atoms with Gasteiger partial charge in [-0.1, -0.05) is 120 Å². The summed E-state index contributed by atoms with van der Waals surface area (Å²) in [5, 5.41) is 50.3. The van der Waals surface area contributed by atoms with Gasteiger partial charge in [-0.3, -0.25) is 4.79 Å². The molecule has 1 amide bonds. The van der Waals surface area contributed by atoms with Gasteiger partial charge in [0, 0.05) is 6.42 Å². The Balaban J connectivity index is 1.49. The topological polar surface area (TPSA) is 145 Å². The lowest BCUT2D eigenvalue weighted by Gasteiger charge is -2.39. The Kier molecular flexibility index (Phi) is 16.9. The number of nitrogens with one attached hydrogen (secondary N) is 1. The number of aliphatic hydroxyl groups is 4. The summed E-state index contributed by atoms with van der Waals surface area (Å²) in [7, 11) is 0. The van der Waals surface area contributed by atoms with E-state index < -0.39 is 36.5 Å². The molecule has 0 unspecified atom stereocenters. The zero-order chi connectivity index (χ0) is 26.9. The molecule has 1 saturated heterocycles. The van der Waals surface area contributed by atoms with Crippen LogP contribution in [0.1, 0.15) is 110 Å². The molecule has 1 fully saturated rings. The SMILES string of the molecule is CCCCCCCCCCCCCCCCCC(=O)Nc1nnc(S[C@@H]2O[C@H](CO)[C@H](O)[C@H](O)[C@H]2O)s1. The Bertz CT molecular complexity index is 739. The van der Waals surface area contributed by atoms with Crippen LogP contribution in [0.4, 0.5) is 5.13 Å². The predicted molar refractivity (Wildman–Crippen MR) is 148 cm³/mol. The van der Waals surface area contributed by atoms with Crippen LogP contribution in [0.15, 0.2) is 4.34 Å². The van der Waals surface area contributed by atoms with Crippen molar-refractivity contribution in [3.8, 4) is 0 Å². The van der Waals surface area contributed by atoms with E-state index in [2.05, 4.69) is 22.4 Å². The number of carbonyl (C=O) groups is 1. The molecule has 1 aromatic rings. The second kappa shape index (κ2) is 19.3. The third-order valence-electron chi connectivity index (χ3n) is 6.73. The number of nitrogens with zero attached hydrogens (tertiary/aromatic N) is 2. The number of rotatable bonds is 20. The standard InChI is InChI=1S/C26H47N3O6S2/c1-2-3-4-5-6-7-8-9-10-11-12-13-14-15-16-17-20(31)27-25-28-29-26(37-25)36-24-23(34)22(33)21(32)19(18-30)35-24/h19,21-24,30,32-34H,2-18H2,1H3,(H,27,28,31)/t19-,21+,22+,23-,24+/m1/s1. The molecule has 1 aliphatic heterocycles. The average molecular weight is 562 g/mol. The summed E-state index contributed by atoms with van der Waals surface area (Å²) >= 11 is 2.17. The summed E-state index contributed by atoms with van der Waals surface area (Å²) in [6, 6.07) is 0. The minimum atomic E-state index is -1.44. The number of anilines is 1. The lowest BCUT2D eigenvalue weighted by atomic mass is 10.0. The van der Waals surface area contributed by atoms with Crippen LogP contribution >= 0.6 is 23.1 Å². The van der Waals surface area contributed by atoms with Gasteiger partial charge >= 0.3 is 0 Å². The monoisotopic (exact) mass is 561 g/mol. The molecule has 1 aliphatic rings. The molecule has 2 rings (SSSR count). The molecule has 5 atom stereocenters. The number of hydrogen-bond acceptors (Lipinski definition) is 10.